The fourth-order valence-corrected chi connectivity index (χ4v) is 2.26. The highest BCUT2D eigenvalue weighted by Crippen LogP contribution is 2.24. The number of aromatic nitrogens is 1. The molecule has 0 amide bonds. The van der Waals surface area contributed by atoms with E-state index >= 15 is 0 Å². The van der Waals surface area contributed by atoms with Gasteiger partial charge in [0, 0.05) is 6.07 Å². The van der Waals surface area contributed by atoms with E-state index in [-0.39, 0.29) is 5.69 Å². The minimum atomic E-state index is -0.406. The summed E-state index contributed by atoms with van der Waals surface area (Å²) in [6.07, 6.45) is 3.71. The highest BCUT2D eigenvalue weighted by molar-refractivity contribution is 5.88. The third kappa shape index (κ3) is 3.06. The molecule has 0 bridgehead atoms. The number of nitriles is 1. The van der Waals surface area contributed by atoms with Crippen molar-refractivity contribution in [1.29, 1.82) is 5.26 Å². The standard InChI is InChI=1S/C18H11N3O2/c19-12-14-6-4-13(5-7-14)8-9-15-10-11-16-17(20-15)2-1-3-18(16)21(22)23/h1-11H/b9-8+. The largest absolute Gasteiger partial charge is 0.278 e. The van der Waals surface area contributed by atoms with Gasteiger partial charge in [-0.25, -0.2) is 4.98 Å². The lowest BCUT2D eigenvalue weighted by molar-refractivity contribution is -0.383. The van der Waals surface area contributed by atoms with Crippen LogP contribution in [0.3, 0.4) is 0 Å². The summed E-state index contributed by atoms with van der Waals surface area (Å²) in [7, 11) is 0. The number of fused-ring (bicyclic) bond motifs is 1. The molecule has 0 saturated heterocycles. The fraction of sp³-hybridized carbons (Fsp3) is 0. The molecule has 0 atom stereocenters. The van der Waals surface area contributed by atoms with Gasteiger partial charge >= 0.3 is 0 Å². The minimum Gasteiger partial charge on any atom is -0.258 e. The molecule has 1 aromatic heterocycles. The first-order valence-corrected chi connectivity index (χ1v) is 6.90. The van der Waals surface area contributed by atoms with Crippen LogP contribution < -0.4 is 0 Å². The molecule has 0 radical (unpaired) electrons. The van der Waals surface area contributed by atoms with Gasteiger partial charge in [-0.05, 0) is 42.0 Å². The molecular weight excluding hydrogens is 290 g/mol. The molecule has 1 heterocycles. The van der Waals surface area contributed by atoms with Crippen molar-refractivity contribution in [3.63, 3.8) is 0 Å². The lowest BCUT2D eigenvalue weighted by Gasteiger charge is -2.00. The summed E-state index contributed by atoms with van der Waals surface area (Å²) in [6, 6.07) is 17.6. The van der Waals surface area contributed by atoms with Crippen LogP contribution in [0.2, 0.25) is 0 Å². The van der Waals surface area contributed by atoms with Gasteiger partial charge in [-0.2, -0.15) is 5.26 Å². The van der Waals surface area contributed by atoms with E-state index in [0.717, 1.165) is 5.56 Å². The molecule has 0 spiro atoms. The highest BCUT2D eigenvalue weighted by atomic mass is 16.6. The van der Waals surface area contributed by atoms with Crippen LogP contribution in [-0.4, -0.2) is 9.91 Å². The number of nitrogens with zero attached hydrogens (tertiary/aromatic N) is 3. The molecule has 3 rings (SSSR count). The van der Waals surface area contributed by atoms with E-state index in [2.05, 4.69) is 11.1 Å². The summed E-state index contributed by atoms with van der Waals surface area (Å²) in [5.41, 5.74) is 2.91. The van der Waals surface area contributed by atoms with E-state index in [4.69, 9.17) is 5.26 Å². The average molecular weight is 301 g/mol. The Bertz CT molecular complexity index is 954. The fourth-order valence-electron chi connectivity index (χ4n) is 2.26. The first kappa shape index (κ1) is 14.4. The van der Waals surface area contributed by atoms with Gasteiger partial charge in [0.1, 0.15) is 0 Å². The molecule has 0 fully saturated rings. The normalized spacial score (nSPS) is 10.7. The van der Waals surface area contributed by atoms with Crippen LogP contribution in [0.5, 0.6) is 0 Å². The summed E-state index contributed by atoms with van der Waals surface area (Å²) >= 11 is 0. The van der Waals surface area contributed by atoms with Gasteiger partial charge in [-0.3, -0.25) is 10.1 Å². The maximum absolute atomic E-state index is 11.0. The Balaban J connectivity index is 1.93. The lowest BCUT2D eigenvalue weighted by Crippen LogP contribution is -1.91. The van der Waals surface area contributed by atoms with Gasteiger partial charge in [-0.1, -0.05) is 24.3 Å². The molecule has 0 unspecified atom stereocenters. The molecule has 0 aliphatic heterocycles. The predicted molar refractivity (Wildman–Crippen MR) is 88.5 cm³/mol. The van der Waals surface area contributed by atoms with E-state index in [1.165, 1.54) is 6.07 Å². The molecule has 23 heavy (non-hydrogen) atoms. The number of non-ortho nitro benzene ring substituents is 1. The number of nitro groups is 1. The summed E-state index contributed by atoms with van der Waals surface area (Å²) in [5.74, 6) is 0. The SMILES string of the molecule is N#Cc1ccc(/C=C/c2ccc3c([N+](=O)[O-])cccc3n2)cc1. The van der Waals surface area contributed by atoms with Crippen LogP contribution >= 0.6 is 0 Å². The second kappa shape index (κ2) is 6.08. The number of benzene rings is 2. The molecule has 0 aliphatic rings. The number of hydrogen-bond donors (Lipinski definition) is 0. The van der Waals surface area contributed by atoms with Crippen molar-refractivity contribution >= 4 is 28.7 Å². The second-order valence-corrected chi connectivity index (χ2v) is 4.90. The van der Waals surface area contributed by atoms with Gasteiger partial charge in [0.2, 0.25) is 0 Å². The molecule has 110 valence electrons. The zero-order valence-electron chi connectivity index (χ0n) is 12.0. The molecule has 2 aromatic carbocycles. The predicted octanol–water partition coefficient (Wildman–Crippen LogP) is 4.19. The highest BCUT2D eigenvalue weighted by Gasteiger charge is 2.11. The van der Waals surface area contributed by atoms with Crippen molar-refractivity contribution in [3.8, 4) is 6.07 Å². The van der Waals surface area contributed by atoms with Gasteiger partial charge in [0.15, 0.2) is 0 Å². The van der Waals surface area contributed by atoms with Crippen LogP contribution in [-0.2, 0) is 0 Å². The van der Waals surface area contributed by atoms with Crippen molar-refractivity contribution in [3.05, 3.63) is 81.5 Å². The maximum atomic E-state index is 11.0. The first-order valence-electron chi connectivity index (χ1n) is 6.90. The molecule has 0 N–H and O–H groups in total. The average Bonchev–Trinajstić information content (AvgIpc) is 2.59. The zero-order valence-corrected chi connectivity index (χ0v) is 12.0. The maximum Gasteiger partial charge on any atom is 0.278 e. The Hall–Kier alpha value is -3.52. The Labute approximate surface area is 132 Å². The van der Waals surface area contributed by atoms with Crippen molar-refractivity contribution in [2.45, 2.75) is 0 Å². The van der Waals surface area contributed by atoms with Gasteiger partial charge in [-0.15, -0.1) is 0 Å². The number of pyridine rings is 1. The zero-order chi connectivity index (χ0) is 16.2. The molecule has 0 saturated carbocycles. The Morgan fingerprint density at radius 3 is 2.52 bits per heavy atom. The van der Waals surface area contributed by atoms with Crippen molar-refractivity contribution in [2.75, 3.05) is 0 Å². The summed E-state index contributed by atoms with van der Waals surface area (Å²) in [4.78, 5) is 15.0. The van der Waals surface area contributed by atoms with Crippen LogP contribution in [0.4, 0.5) is 5.69 Å². The van der Waals surface area contributed by atoms with Crippen molar-refractivity contribution < 1.29 is 4.92 Å². The summed E-state index contributed by atoms with van der Waals surface area (Å²) < 4.78 is 0. The topological polar surface area (TPSA) is 79.8 Å². The van der Waals surface area contributed by atoms with E-state index in [9.17, 15) is 10.1 Å². The van der Waals surface area contributed by atoms with E-state index in [1.54, 1.807) is 36.4 Å². The van der Waals surface area contributed by atoms with Crippen molar-refractivity contribution in [1.82, 2.24) is 4.98 Å². The van der Waals surface area contributed by atoms with E-state index < -0.39 is 4.92 Å². The smallest absolute Gasteiger partial charge is 0.258 e. The number of nitro benzene ring substituents is 1. The summed E-state index contributed by atoms with van der Waals surface area (Å²) in [5, 5.41) is 20.3. The van der Waals surface area contributed by atoms with Crippen molar-refractivity contribution in [2.24, 2.45) is 0 Å². The van der Waals surface area contributed by atoms with Crippen LogP contribution in [0.15, 0.2) is 54.6 Å². The molecule has 5 heteroatoms. The number of hydrogen-bond acceptors (Lipinski definition) is 4. The Kier molecular flexibility index (Phi) is 3.81. The van der Waals surface area contributed by atoms with Crippen LogP contribution in [0.1, 0.15) is 16.8 Å². The molecule has 3 aromatic rings. The van der Waals surface area contributed by atoms with Crippen LogP contribution in [0.25, 0.3) is 23.1 Å². The quantitative estimate of drug-likeness (QED) is 0.536. The van der Waals surface area contributed by atoms with E-state index in [1.807, 2.05) is 24.3 Å². The van der Waals surface area contributed by atoms with Crippen LogP contribution in [0, 0.1) is 21.4 Å². The Morgan fingerprint density at radius 1 is 1.04 bits per heavy atom. The van der Waals surface area contributed by atoms with Gasteiger partial charge in [0.25, 0.3) is 5.69 Å². The number of rotatable bonds is 3. The minimum absolute atomic E-state index is 0.0534. The first-order chi connectivity index (χ1) is 11.2. The molecule has 0 aliphatic carbocycles. The van der Waals surface area contributed by atoms with Gasteiger partial charge < -0.3 is 0 Å². The molecular formula is C18H11N3O2. The van der Waals surface area contributed by atoms with E-state index in [0.29, 0.717) is 22.2 Å². The lowest BCUT2D eigenvalue weighted by atomic mass is 10.1. The van der Waals surface area contributed by atoms with Gasteiger partial charge in [0.05, 0.1) is 33.2 Å². The Morgan fingerprint density at radius 2 is 1.83 bits per heavy atom. The second-order valence-electron chi connectivity index (χ2n) is 4.90. The monoisotopic (exact) mass is 301 g/mol. The summed E-state index contributed by atoms with van der Waals surface area (Å²) in [6.45, 7) is 0. The molecule has 5 nitrogen and oxygen atoms in total. The third-order valence-electron chi connectivity index (χ3n) is 3.41. The third-order valence-corrected chi connectivity index (χ3v) is 3.41.